The van der Waals surface area contributed by atoms with Crippen molar-refractivity contribution in [1.82, 2.24) is 0 Å². The molecule has 5 saturated carbocycles. The zero-order chi connectivity index (χ0) is 19.9. The van der Waals surface area contributed by atoms with Gasteiger partial charge in [-0.3, -0.25) is 4.79 Å². The van der Waals surface area contributed by atoms with Gasteiger partial charge < -0.3 is 10.2 Å². The summed E-state index contributed by atoms with van der Waals surface area (Å²) >= 11 is 0. The molecule has 2 unspecified atom stereocenters. The van der Waals surface area contributed by atoms with Gasteiger partial charge in [-0.1, -0.05) is 12.1 Å². The molecule has 2 atom stereocenters. The third-order valence-corrected chi connectivity index (χ3v) is 9.26. The Labute approximate surface area is 171 Å². The maximum Gasteiger partial charge on any atom is 0.309 e. The number of carboxylic acid groups (broad SMARTS) is 1. The van der Waals surface area contributed by atoms with Crippen molar-refractivity contribution in [2.24, 2.45) is 23.2 Å². The maximum atomic E-state index is 12.1. The van der Waals surface area contributed by atoms with Crippen molar-refractivity contribution in [3.8, 4) is 5.75 Å². The SMILES string of the molecule is O=C(O)C12CC3CC(C1)[C@]1(C[C@]4(CC[C@H](c5ccc(O)cc5)CC4)OO1)C(C3)C2. The second-order valence-corrected chi connectivity index (χ2v) is 10.8. The van der Waals surface area contributed by atoms with Crippen LogP contribution in [0.3, 0.4) is 0 Å². The van der Waals surface area contributed by atoms with Crippen LogP contribution in [0.5, 0.6) is 5.75 Å². The van der Waals surface area contributed by atoms with Gasteiger partial charge in [-0.25, -0.2) is 9.78 Å². The smallest absolute Gasteiger partial charge is 0.309 e. The van der Waals surface area contributed by atoms with Crippen LogP contribution in [-0.4, -0.2) is 27.4 Å². The zero-order valence-electron chi connectivity index (χ0n) is 16.8. The quantitative estimate of drug-likeness (QED) is 0.701. The molecule has 6 aliphatic rings. The van der Waals surface area contributed by atoms with Crippen molar-refractivity contribution < 1.29 is 24.8 Å². The first-order chi connectivity index (χ1) is 13.9. The average Bonchev–Trinajstić information content (AvgIpc) is 3.07. The van der Waals surface area contributed by atoms with Gasteiger partial charge in [-0.05, 0) is 99.2 Å². The van der Waals surface area contributed by atoms with Crippen molar-refractivity contribution in [3.05, 3.63) is 29.8 Å². The highest BCUT2D eigenvalue weighted by Gasteiger charge is 2.69. The van der Waals surface area contributed by atoms with Gasteiger partial charge >= 0.3 is 5.97 Å². The molecule has 5 heteroatoms. The van der Waals surface area contributed by atoms with Crippen molar-refractivity contribution >= 4 is 5.97 Å². The van der Waals surface area contributed by atoms with E-state index in [4.69, 9.17) is 9.78 Å². The minimum atomic E-state index is -0.588. The molecule has 29 heavy (non-hydrogen) atoms. The molecule has 0 aromatic heterocycles. The molecule has 6 fully saturated rings. The molecular formula is C24H30O5. The summed E-state index contributed by atoms with van der Waals surface area (Å²) in [6, 6.07) is 7.62. The van der Waals surface area contributed by atoms with Gasteiger partial charge in [0.25, 0.3) is 0 Å². The topological polar surface area (TPSA) is 76.0 Å². The van der Waals surface area contributed by atoms with Crippen LogP contribution in [0, 0.1) is 23.2 Å². The fourth-order valence-electron chi connectivity index (χ4n) is 7.96. The van der Waals surface area contributed by atoms with Gasteiger partial charge in [0.05, 0.1) is 5.41 Å². The summed E-state index contributed by atoms with van der Waals surface area (Å²) in [4.78, 5) is 24.5. The largest absolute Gasteiger partial charge is 0.508 e. The number of hydrogen-bond donors (Lipinski definition) is 2. The van der Waals surface area contributed by atoms with Gasteiger partial charge in [-0.2, -0.15) is 0 Å². The van der Waals surface area contributed by atoms with E-state index in [-0.39, 0.29) is 11.2 Å². The molecular weight excluding hydrogens is 368 g/mol. The summed E-state index contributed by atoms with van der Waals surface area (Å²) < 4.78 is 0. The predicted molar refractivity (Wildman–Crippen MR) is 105 cm³/mol. The summed E-state index contributed by atoms with van der Waals surface area (Å²) in [5.74, 6) is 1.46. The number of hydrogen-bond acceptors (Lipinski definition) is 4. The molecule has 5 nitrogen and oxygen atoms in total. The Balaban J connectivity index is 1.19. The Morgan fingerprint density at radius 1 is 0.966 bits per heavy atom. The summed E-state index contributed by atoms with van der Waals surface area (Å²) in [6.07, 6.45) is 9.70. The van der Waals surface area contributed by atoms with E-state index < -0.39 is 11.4 Å². The monoisotopic (exact) mass is 398 g/mol. The van der Waals surface area contributed by atoms with Gasteiger partial charge in [0, 0.05) is 6.42 Å². The zero-order valence-corrected chi connectivity index (χ0v) is 16.8. The van der Waals surface area contributed by atoms with Crippen molar-refractivity contribution in [2.45, 2.75) is 81.3 Å². The predicted octanol–water partition coefficient (Wildman–Crippen LogP) is 4.79. The Hall–Kier alpha value is -1.59. The standard InChI is InChI=1S/C24H30O5/c25-20-3-1-16(2-4-20)17-5-7-23(8-6-17)14-24(29-28-23)18-9-15-10-19(24)13-22(11-15,12-18)21(26)27/h1-4,15,17-19,25H,5-14H2,(H,26,27)/t15?,17-,18?,19?,22?,23+,24-. The molecule has 4 bridgehead atoms. The number of aromatic hydroxyl groups is 1. The number of aliphatic carboxylic acids is 1. The molecule has 2 N–H and O–H groups in total. The molecule has 2 spiro atoms. The number of benzene rings is 1. The molecule has 0 radical (unpaired) electrons. The van der Waals surface area contributed by atoms with Gasteiger partial charge in [0.15, 0.2) is 0 Å². The third kappa shape index (κ3) is 2.56. The fraction of sp³-hybridized carbons (Fsp3) is 0.708. The first-order valence-corrected chi connectivity index (χ1v) is 11.3. The molecule has 1 aliphatic heterocycles. The van der Waals surface area contributed by atoms with Crippen LogP contribution in [-0.2, 0) is 14.6 Å². The van der Waals surface area contributed by atoms with E-state index in [1.165, 1.54) is 5.56 Å². The summed E-state index contributed by atoms with van der Waals surface area (Å²) in [5.41, 5.74) is 0.349. The summed E-state index contributed by atoms with van der Waals surface area (Å²) in [7, 11) is 0. The normalized spacial score (nSPS) is 47.9. The highest BCUT2D eigenvalue weighted by atomic mass is 17.2. The Morgan fingerprint density at radius 3 is 2.24 bits per heavy atom. The van der Waals surface area contributed by atoms with E-state index in [1.807, 2.05) is 12.1 Å². The molecule has 7 rings (SSSR count). The van der Waals surface area contributed by atoms with Crippen LogP contribution in [0.15, 0.2) is 24.3 Å². The van der Waals surface area contributed by atoms with Gasteiger partial charge in [0.1, 0.15) is 17.0 Å². The fourth-order valence-corrected chi connectivity index (χ4v) is 7.96. The third-order valence-electron chi connectivity index (χ3n) is 9.26. The Morgan fingerprint density at radius 2 is 1.62 bits per heavy atom. The Kier molecular flexibility index (Phi) is 3.75. The molecule has 0 amide bonds. The van der Waals surface area contributed by atoms with Crippen molar-refractivity contribution in [1.29, 1.82) is 0 Å². The lowest BCUT2D eigenvalue weighted by Gasteiger charge is -2.61. The summed E-state index contributed by atoms with van der Waals surface area (Å²) in [6.45, 7) is 0. The number of rotatable bonds is 2. The molecule has 156 valence electrons. The number of phenols is 1. The second kappa shape index (κ2) is 5.98. The lowest BCUT2D eigenvalue weighted by atomic mass is 9.43. The molecule has 1 aromatic carbocycles. The van der Waals surface area contributed by atoms with Crippen LogP contribution < -0.4 is 0 Å². The first-order valence-electron chi connectivity index (χ1n) is 11.3. The lowest BCUT2D eigenvalue weighted by Crippen LogP contribution is -2.63. The van der Waals surface area contributed by atoms with Crippen LogP contribution >= 0.6 is 0 Å². The van der Waals surface area contributed by atoms with Crippen LogP contribution in [0.1, 0.15) is 75.7 Å². The first kappa shape index (κ1) is 18.2. The van der Waals surface area contributed by atoms with E-state index >= 15 is 0 Å². The van der Waals surface area contributed by atoms with Crippen LogP contribution in [0.2, 0.25) is 0 Å². The van der Waals surface area contributed by atoms with Crippen molar-refractivity contribution in [3.63, 3.8) is 0 Å². The Bertz CT molecular complexity index is 806. The molecule has 1 saturated heterocycles. The summed E-state index contributed by atoms with van der Waals surface area (Å²) in [5, 5.41) is 19.5. The minimum absolute atomic E-state index is 0.195. The molecule has 5 aliphatic carbocycles. The number of carbonyl (C=O) groups is 1. The number of carboxylic acids is 1. The molecule has 1 heterocycles. The van der Waals surface area contributed by atoms with Crippen molar-refractivity contribution in [2.75, 3.05) is 0 Å². The maximum absolute atomic E-state index is 12.1. The van der Waals surface area contributed by atoms with E-state index in [9.17, 15) is 15.0 Å². The highest BCUT2D eigenvalue weighted by molar-refractivity contribution is 5.75. The van der Waals surface area contributed by atoms with Gasteiger partial charge in [-0.15, -0.1) is 0 Å². The number of phenolic OH excluding ortho intramolecular Hbond substituents is 1. The van der Waals surface area contributed by atoms with Crippen LogP contribution in [0.25, 0.3) is 0 Å². The van der Waals surface area contributed by atoms with Crippen LogP contribution in [0.4, 0.5) is 0 Å². The highest BCUT2D eigenvalue weighted by Crippen LogP contribution is 2.68. The average molecular weight is 398 g/mol. The minimum Gasteiger partial charge on any atom is -0.508 e. The molecule has 1 aromatic rings. The van der Waals surface area contributed by atoms with E-state index in [0.717, 1.165) is 64.2 Å². The van der Waals surface area contributed by atoms with E-state index in [1.54, 1.807) is 12.1 Å². The van der Waals surface area contributed by atoms with E-state index in [2.05, 4.69) is 0 Å². The van der Waals surface area contributed by atoms with E-state index in [0.29, 0.717) is 29.4 Å². The second-order valence-electron chi connectivity index (χ2n) is 10.8. The van der Waals surface area contributed by atoms with Gasteiger partial charge in [0.2, 0.25) is 0 Å². The lowest BCUT2D eigenvalue weighted by molar-refractivity contribution is -0.387.